The molecule has 138 valence electrons. The van der Waals surface area contributed by atoms with Crippen LogP contribution in [0.1, 0.15) is 44.1 Å². The van der Waals surface area contributed by atoms with Gasteiger partial charge in [0.1, 0.15) is 31.9 Å². The molecule has 1 aromatic carbocycles. The summed E-state index contributed by atoms with van der Waals surface area (Å²) >= 11 is 0. The average Bonchev–Trinajstić information content (AvgIpc) is 2.58. The van der Waals surface area contributed by atoms with Crippen LogP contribution in [-0.2, 0) is 4.79 Å². The van der Waals surface area contributed by atoms with Crippen molar-refractivity contribution in [2.45, 2.75) is 44.1 Å². The second kappa shape index (κ2) is 7.75. The van der Waals surface area contributed by atoms with E-state index in [2.05, 4.69) is 19.3 Å². The summed E-state index contributed by atoms with van der Waals surface area (Å²) in [6.45, 7) is 7.25. The van der Waals surface area contributed by atoms with Gasteiger partial charge in [-0.05, 0) is 37.5 Å². The third-order valence-corrected chi connectivity index (χ3v) is 6.15. The van der Waals surface area contributed by atoms with Crippen LogP contribution in [0.2, 0.25) is 0 Å². The minimum Gasteiger partial charge on any atom is -0.508 e. The number of nitrogens with one attached hydrogen (secondary N) is 3. The van der Waals surface area contributed by atoms with Crippen molar-refractivity contribution >= 4 is 5.91 Å². The zero-order valence-corrected chi connectivity index (χ0v) is 15.6. The number of aromatic hydroxyl groups is 1. The number of rotatable bonds is 4. The number of benzene rings is 1. The highest BCUT2D eigenvalue weighted by Gasteiger charge is 2.39. The number of carbonyl (C=O) groups is 1. The van der Waals surface area contributed by atoms with E-state index in [0.717, 1.165) is 45.4 Å². The summed E-state index contributed by atoms with van der Waals surface area (Å²) in [4.78, 5) is 15.7. The van der Waals surface area contributed by atoms with Crippen LogP contribution in [-0.4, -0.2) is 56.3 Å². The lowest BCUT2D eigenvalue weighted by atomic mass is 9.70. The summed E-state index contributed by atoms with van der Waals surface area (Å²) in [6.07, 6.45) is 4.47. The van der Waals surface area contributed by atoms with Crippen LogP contribution in [0.4, 0.5) is 0 Å². The van der Waals surface area contributed by atoms with E-state index in [-0.39, 0.29) is 11.4 Å². The van der Waals surface area contributed by atoms with Gasteiger partial charge in [0.05, 0.1) is 7.05 Å². The second-order valence-corrected chi connectivity index (χ2v) is 8.24. The van der Waals surface area contributed by atoms with Crippen molar-refractivity contribution in [1.29, 1.82) is 0 Å². The molecule has 3 rings (SSSR count). The molecule has 1 heterocycles. The van der Waals surface area contributed by atoms with Gasteiger partial charge in [-0.25, -0.2) is 0 Å². The fourth-order valence-corrected chi connectivity index (χ4v) is 4.52. The minimum absolute atomic E-state index is 0.183. The first-order valence-corrected chi connectivity index (χ1v) is 9.71. The molecule has 0 spiro atoms. The Hall–Kier alpha value is -1.59. The Morgan fingerprint density at radius 3 is 2.56 bits per heavy atom. The van der Waals surface area contributed by atoms with Gasteiger partial charge in [0, 0.05) is 11.5 Å². The molecule has 0 unspecified atom stereocenters. The standard InChI is InChI=1S/C20H31N3O2/c1-20(21-19(25)15-23-13-11-22(2)12-14-23)10-4-3-5-18(20)16-6-8-17(24)9-7-16/h6-9,18,24H,3-5,10-15H2,1-2H3,(H,21,25)/p+2/t18-,20-/m0/s1. The largest absolute Gasteiger partial charge is 0.508 e. The quantitative estimate of drug-likeness (QED) is 0.584. The SMILES string of the molecule is C[NH+]1CC[NH+](CC(=O)N[C@@]2(C)CCCC[C@H]2c2ccc(O)cc2)CC1. The van der Waals surface area contributed by atoms with Crippen molar-refractivity contribution in [3.8, 4) is 5.75 Å². The normalized spacial score (nSPS) is 33.0. The molecule has 1 saturated carbocycles. The summed E-state index contributed by atoms with van der Waals surface area (Å²) in [5, 5.41) is 12.9. The first kappa shape index (κ1) is 18.2. The maximum Gasteiger partial charge on any atom is 0.275 e. The third-order valence-electron chi connectivity index (χ3n) is 6.15. The molecular formula is C20H33N3O2+2. The number of amides is 1. The van der Waals surface area contributed by atoms with E-state index >= 15 is 0 Å². The van der Waals surface area contributed by atoms with Gasteiger partial charge in [-0.3, -0.25) is 4.79 Å². The highest BCUT2D eigenvalue weighted by atomic mass is 16.3. The second-order valence-electron chi connectivity index (χ2n) is 8.24. The highest BCUT2D eigenvalue weighted by molar-refractivity contribution is 5.78. The van der Waals surface area contributed by atoms with E-state index in [1.165, 1.54) is 16.9 Å². The first-order valence-electron chi connectivity index (χ1n) is 9.71. The molecule has 5 nitrogen and oxygen atoms in total. The average molecular weight is 348 g/mol. The fraction of sp³-hybridized carbons (Fsp3) is 0.650. The third kappa shape index (κ3) is 4.53. The summed E-state index contributed by atoms with van der Waals surface area (Å²) in [6, 6.07) is 7.51. The van der Waals surface area contributed by atoms with E-state index in [4.69, 9.17) is 0 Å². The van der Waals surface area contributed by atoms with Crippen LogP contribution < -0.4 is 15.1 Å². The van der Waals surface area contributed by atoms with Gasteiger partial charge in [-0.2, -0.15) is 0 Å². The number of hydrogen-bond donors (Lipinski definition) is 4. The van der Waals surface area contributed by atoms with Crippen molar-refractivity contribution in [1.82, 2.24) is 5.32 Å². The molecule has 2 aliphatic rings. The van der Waals surface area contributed by atoms with Gasteiger partial charge >= 0.3 is 0 Å². The van der Waals surface area contributed by atoms with Crippen LogP contribution in [0.5, 0.6) is 5.75 Å². The predicted molar refractivity (Wildman–Crippen MR) is 98.0 cm³/mol. The highest BCUT2D eigenvalue weighted by Crippen LogP contribution is 2.41. The maximum absolute atomic E-state index is 12.7. The number of carbonyl (C=O) groups excluding carboxylic acids is 1. The van der Waals surface area contributed by atoms with Gasteiger partial charge in [-0.1, -0.05) is 25.0 Å². The summed E-state index contributed by atoms with van der Waals surface area (Å²) in [5.41, 5.74) is 1.03. The van der Waals surface area contributed by atoms with Crippen LogP contribution in [0.3, 0.4) is 0 Å². The van der Waals surface area contributed by atoms with Crippen molar-refractivity contribution < 1.29 is 19.7 Å². The molecule has 0 aromatic heterocycles. The lowest BCUT2D eigenvalue weighted by Crippen LogP contribution is -3.27. The van der Waals surface area contributed by atoms with Gasteiger partial charge in [0.2, 0.25) is 0 Å². The minimum atomic E-state index is -0.191. The summed E-state index contributed by atoms with van der Waals surface area (Å²) in [5.74, 6) is 0.798. The lowest BCUT2D eigenvalue weighted by molar-refractivity contribution is -1.000. The molecule has 25 heavy (non-hydrogen) atoms. The number of piperazine rings is 1. The molecule has 1 amide bonds. The Balaban J connectivity index is 1.65. The molecule has 5 heteroatoms. The zero-order valence-electron chi connectivity index (χ0n) is 15.6. The predicted octanol–water partition coefficient (Wildman–Crippen LogP) is -0.662. The van der Waals surface area contributed by atoms with E-state index in [1.54, 1.807) is 17.0 Å². The Kier molecular flexibility index (Phi) is 5.64. The Bertz CT molecular complexity index is 581. The maximum atomic E-state index is 12.7. The van der Waals surface area contributed by atoms with E-state index in [9.17, 15) is 9.90 Å². The molecule has 2 atom stereocenters. The molecule has 0 bridgehead atoms. The smallest absolute Gasteiger partial charge is 0.275 e. The van der Waals surface area contributed by atoms with E-state index < -0.39 is 0 Å². The van der Waals surface area contributed by atoms with Gasteiger partial charge in [-0.15, -0.1) is 0 Å². The molecule has 1 aliphatic carbocycles. The topological polar surface area (TPSA) is 58.2 Å². The number of phenols is 1. The Morgan fingerprint density at radius 2 is 1.88 bits per heavy atom. The van der Waals surface area contributed by atoms with E-state index in [0.29, 0.717) is 18.2 Å². The van der Waals surface area contributed by atoms with Crippen molar-refractivity contribution in [3.05, 3.63) is 29.8 Å². The van der Waals surface area contributed by atoms with Crippen molar-refractivity contribution in [2.24, 2.45) is 0 Å². The first-order chi connectivity index (χ1) is 12.0. The zero-order chi connectivity index (χ0) is 17.9. The molecule has 1 aliphatic heterocycles. The molecular weight excluding hydrogens is 314 g/mol. The number of likely N-dealkylation sites (N-methyl/N-ethyl adjacent to an activating group) is 1. The Labute approximate surface area is 151 Å². The van der Waals surface area contributed by atoms with Crippen LogP contribution >= 0.6 is 0 Å². The fourth-order valence-electron chi connectivity index (χ4n) is 4.52. The number of phenolic OH excluding ortho intramolecular Hbond substituents is 1. The van der Waals surface area contributed by atoms with Crippen LogP contribution in [0, 0.1) is 0 Å². The summed E-state index contributed by atoms with van der Waals surface area (Å²) in [7, 11) is 2.22. The Morgan fingerprint density at radius 1 is 1.20 bits per heavy atom. The lowest BCUT2D eigenvalue weighted by Gasteiger charge is -2.42. The number of hydrogen-bond acceptors (Lipinski definition) is 2. The van der Waals surface area contributed by atoms with E-state index in [1.807, 2.05) is 12.1 Å². The molecule has 2 fully saturated rings. The van der Waals surface area contributed by atoms with Gasteiger partial charge in [0.15, 0.2) is 6.54 Å². The monoisotopic (exact) mass is 347 g/mol. The number of quaternary nitrogens is 2. The van der Waals surface area contributed by atoms with Crippen LogP contribution in [0.15, 0.2) is 24.3 Å². The van der Waals surface area contributed by atoms with Crippen molar-refractivity contribution in [2.75, 3.05) is 39.8 Å². The van der Waals surface area contributed by atoms with Gasteiger partial charge in [0.25, 0.3) is 5.91 Å². The molecule has 0 radical (unpaired) electrons. The summed E-state index contributed by atoms with van der Waals surface area (Å²) < 4.78 is 0. The van der Waals surface area contributed by atoms with Crippen molar-refractivity contribution in [3.63, 3.8) is 0 Å². The molecule has 4 N–H and O–H groups in total. The van der Waals surface area contributed by atoms with Crippen LogP contribution in [0.25, 0.3) is 0 Å². The van der Waals surface area contributed by atoms with Gasteiger partial charge < -0.3 is 20.2 Å². The molecule has 1 aromatic rings. The molecule has 1 saturated heterocycles.